The van der Waals surface area contributed by atoms with Crippen LogP contribution in [-0.4, -0.2) is 55.7 Å². The first-order chi connectivity index (χ1) is 16.5. The van der Waals surface area contributed by atoms with Gasteiger partial charge in [0.25, 0.3) is 11.8 Å². The minimum atomic E-state index is -5.17. The molecule has 0 spiro atoms. The Bertz CT molecular complexity index is 1240. The number of hydrogen-bond acceptors (Lipinski definition) is 11. The zero-order valence-electron chi connectivity index (χ0n) is 18.8. The molecule has 0 aliphatic heterocycles. The predicted molar refractivity (Wildman–Crippen MR) is 123 cm³/mol. The van der Waals surface area contributed by atoms with Crippen LogP contribution in [0.4, 0.5) is 0 Å². The summed E-state index contributed by atoms with van der Waals surface area (Å²) in [6, 6.07) is 11.7. The predicted octanol–water partition coefficient (Wildman–Crippen LogP) is 0.839. The molecular weight excluding hydrogens is 534 g/mol. The Morgan fingerprint density at radius 2 is 1.08 bits per heavy atom. The van der Waals surface area contributed by atoms with Gasteiger partial charge in [-0.15, -0.1) is 0 Å². The van der Waals surface area contributed by atoms with Gasteiger partial charge in [-0.1, -0.05) is 6.07 Å². The molecule has 0 saturated heterocycles. The molecule has 36 heavy (non-hydrogen) atoms. The van der Waals surface area contributed by atoms with E-state index in [2.05, 4.69) is 36.0 Å². The Morgan fingerprint density at radius 3 is 1.42 bits per heavy atom. The summed E-state index contributed by atoms with van der Waals surface area (Å²) >= 11 is 0. The zero-order valence-corrected chi connectivity index (χ0v) is 20.7. The maximum atomic E-state index is 12.1. The average molecular weight is 553 g/mol. The van der Waals surface area contributed by atoms with Gasteiger partial charge in [-0.3, -0.25) is 28.0 Å². The van der Waals surface area contributed by atoms with Crippen molar-refractivity contribution < 1.29 is 44.2 Å². The minimum Gasteiger partial charge on any atom is -0.759 e. The van der Waals surface area contributed by atoms with Crippen LogP contribution in [-0.2, 0) is 27.5 Å². The van der Waals surface area contributed by atoms with Gasteiger partial charge >= 0.3 is 17.1 Å². The van der Waals surface area contributed by atoms with Gasteiger partial charge in [0.05, 0.1) is 22.8 Å². The molecule has 3 heterocycles. The Kier molecular flexibility index (Phi) is 12.1. The van der Waals surface area contributed by atoms with Crippen molar-refractivity contribution in [2.24, 2.45) is 10.2 Å². The number of nitrogens with zero attached hydrogens (tertiary/aromatic N) is 5. The molecule has 188 valence electrons. The van der Waals surface area contributed by atoms with Crippen LogP contribution in [0.2, 0.25) is 0 Å². The topological polar surface area (TPSA) is 202 Å². The van der Waals surface area contributed by atoms with Crippen molar-refractivity contribution >= 4 is 33.6 Å². The number of pyridine rings is 3. The van der Waals surface area contributed by atoms with E-state index >= 15 is 0 Å². The van der Waals surface area contributed by atoms with Crippen LogP contribution in [0.5, 0.6) is 0 Å². The molecular formula is C21H19FeN7O6S. The standard InChI is InChI=1S/C21H19N7O2.Fe.H2O4S/c1-14(25-27-20(29)16-6-10-22-11-7-16)18-4-3-5-19(24-18)15(2)26-28-21(30)17-8-12-23-13-9-17;;1-5(2,3)4/h3-13H,1-2H3,(H,27,29)(H,28,30);;(H2,1,2,3,4)/q;+2;/p-2/b25-14+,26-15+;;. The summed E-state index contributed by atoms with van der Waals surface area (Å²) in [6.45, 7) is 3.47. The Balaban J connectivity index is 0.000000983. The van der Waals surface area contributed by atoms with Gasteiger partial charge in [-0.25, -0.2) is 15.8 Å². The molecule has 2 amide bonds. The summed E-state index contributed by atoms with van der Waals surface area (Å²) < 4.78 is 34.1. The largest absolute Gasteiger partial charge is 2.00 e. The van der Waals surface area contributed by atoms with Crippen LogP contribution < -0.4 is 10.9 Å². The molecule has 3 aromatic heterocycles. The number of aromatic nitrogens is 3. The van der Waals surface area contributed by atoms with Gasteiger partial charge < -0.3 is 9.11 Å². The summed E-state index contributed by atoms with van der Waals surface area (Å²) in [7, 11) is -5.17. The molecule has 0 saturated carbocycles. The molecule has 3 aromatic rings. The van der Waals surface area contributed by atoms with E-state index in [1.807, 2.05) is 0 Å². The fraction of sp³-hybridized carbons (Fsp3) is 0.0952. The Morgan fingerprint density at radius 1 is 0.750 bits per heavy atom. The van der Waals surface area contributed by atoms with Crippen molar-refractivity contribution in [1.29, 1.82) is 0 Å². The molecule has 0 aliphatic rings. The van der Waals surface area contributed by atoms with Crippen LogP contribution in [0.3, 0.4) is 0 Å². The van der Waals surface area contributed by atoms with Crippen molar-refractivity contribution in [3.63, 3.8) is 0 Å². The summed E-state index contributed by atoms with van der Waals surface area (Å²) in [4.78, 5) is 36.4. The summed E-state index contributed by atoms with van der Waals surface area (Å²) in [5.41, 5.74) is 8.07. The third kappa shape index (κ3) is 11.0. The molecule has 3 rings (SSSR count). The first-order valence-corrected chi connectivity index (χ1v) is 11.0. The third-order valence-electron chi connectivity index (χ3n) is 4.03. The number of amides is 2. The first kappa shape index (κ1) is 30.2. The molecule has 0 aromatic carbocycles. The van der Waals surface area contributed by atoms with Gasteiger partial charge in [-0.2, -0.15) is 10.2 Å². The summed E-state index contributed by atoms with van der Waals surface area (Å²) in [5, 5.41) is 8.21. The van der Waals surface area contributed by atoms with Crippen LogP contribution in [0.1, 0.15) is 46.0 Å². The zero-order chi connectivity index (χ0) is 25.8. The number of carbonyl (C=O) groups excluding carboxylic acids is 2. The van der Waals surface area contributed by atoms with Gasteiger partial charge in [0.1, 0.15) is 0 Å². The second kappa shape index (κ2) is 14.5. The fourth-order valence-electron chi connectivity index (χ4n) is 2.36. The van der Waals surface area contributed by atoms with E-state index in [0.717, 1.165) is 0 Å². The van der Waals surface area contributed by atoms with Crippen LogP contribution in [0.25, 0.3) is 0 Å². The van der Waals surface area contributed by atoms with Gasteiger partial charge in [0.2, 0.25) is 0 Å². The van der Waals surface area contributed by atoms with E-state index in [9.17, 15) is 9.59 Å². The number of nitrogens with one attached hydrogen (secondary N) is 2. The summed E-state index contributed by atoms with van der Waals surface area (Å²) in [6.07, 6.45) is 6.14. The first-order valence-electron chi connectivity index (χ1n) is 9.68. The average Bonchev–Trinajstić information content (AvgIpc) is 2.85. The molecule has 0 atom stereocenters. The third-order valence-corrected chi connectivity index (χ3v) is 4.03. The molecule has 0 bridgehead atoms. The monoisotopic (exact) mass is 553 g/mol. The maximum Gasteiger partial charge on any atom is 2.00 e. The van der Waals surface area contributed by atoms with Crippen molar-refractivity contribution in [3.8, 4) is 0 Å². The van der Waals surface area contributed by atoms with Crippen LogP contribution in [0, 0.1) is 0 Å². The van der Waals surface area contributed by atoms with Gasteiger partial charge in [0.15, 0.2) is 0 Å². The second-order valence-corrected chi connectivity index (χ2v) is 7.38. The quantitative estimate of drug-likeness (QED) is 0.146. The van der Waals surface area contributed by atoms with Crippen molar-refractivity contribution in [2.75, 3.05) is 0 Å². The van der Waals surface area contributed by atoms with Crippen molar-refractivity contribution in [1.82, 2.24) is 25.8 Å². The van der Waals surface area contributed by atoms with Crippen LogP contribution in [0.15, 0.2) is 77.5 Å². The summed E-state index contributed by atoms with van der Waals surface area (Å²) in [5.74, 6) is -0.686. The fourth-order valence-corrected chi connectivity index (χ4v) is 2.36. The number of hydrogen-bond donors (Lipinski definition) is 2. The molecule has 0 fully saturated rings. The number of rotatable bonds is 6. The number of carbonyl (C=O) groups is 2. The van der Waals surface area contributed by atoms with E-state index in [4.69, 9.17) is 17.5 Å². The molecule has 2 N–H and O–H groups in total. The van der Waals surface area contributed by atoms with E-state index in [0.29, 0.717) is 33.9 Å². The van der Waals surface area contributed by atoms with E-state index in [1.165, 1.54) is 24.8 Å². The molecule has 13 nitrogen and oxygen atoms in total. The smallest absolute Gasteiger partial charge is 0.759 e. The molecule has 0 radical (unpaired) electrons. The van der Waals surface area contributed by atoms with Crippen LogP contribution >= 0.6 is 0 Å². The van der Waals surface area contributed by atoms with Gasteiger partial charge in [-0.05, 0) is 50.2 Å². The Hall–Kier alpha value is -3.88. The molecule has 0 unspecified atom stereocenters. The SMILES string of the molecule is C/C(=N\NC(=O)c1ccncc1)c1cccc(/C(C)=N/NC(=O)c2ccncc2)n1.O=S(=O)([O-])[O-].[Fe+2]. The van der Waals surface area contributed by atoms with Crippen molar-refractivity contribution in [2.45, 2.75) is 13.8 Å². The normalized spacial score (nSPS) is 11.3. The maximum absolute atomic E-state index is 12.1. The number of hydrazone groups is 2. The Labute approximate surface area is 217 Å². The van der Waals surface area contributed by atoms with Crippen molar-refractivity contribution in [3.05, 3.63) is 89.8 Å². The van der Waals surface area contributed by atoms with E-state index < -0.39 is 10.4 Å². The molecule has 0 aliphatic carbocycles. The molecule has 15 heteroatoms. The minimum absolute atomic E-state index is 0. The van der Waals surface area contributed by atoms with E-state index in [-0.39, 0.29) is 28.9 Å². The van der Waals surface area contributed by atoms with E-state index in [1.54, 1.807) is 56.3 Å². The van der Waals surface area contributed by atoms with Gasteiger partial charge in [0, 0.05) is 46.3 Å². The second-order valence-electron chi connectivity index (χ2n) is 6.56.